The second-order valence-electron chi connectivity index (χ2n) is 5.15. The molecule has 10 heteroatoms. The van der Waals surface area contributed by atoms with Gasteiger partial charge in [-0.15, -0.1) is 0 Å². The van der Waals surface area contributed by atoms with E-state index in [1.54, 1.807) is 6.07 Å². The molecule has 0 saturated heterocycles. The van der Waals surface area contributed by atoms with Gasteiger partial charge in [-0.25, -0.2) is 8.78 Å². The Hall–Kier alpha value is -3.56. The third-order valence-corrected chi connectivity index (χ3v) is 3.43. The van der Waals surface area contributed by atoms with Crippen LogP contribution in [0.3, 0.4) is 0 Å². The van der Waals surface area contributed by atoms with E-state index in [4.69, 9.17) is 4.52 Å². The van der Waals surface area contributed by atoms with Gasteiger partial charge in [0.2, 0.25) is 11.7 Å². The topological polar surface area (TPSA) is 103 Å². The molecule has 3 rings (SSSR count). The number of nitro benzene ring substituents is 1. The van der Waals surface area contributed by atoms with E-state index in [2.05, 4.69) is 20.2 Å². The third kappa shape index (κ3) is 3.58. The van der Waals surface area contributed by atoms with Gasteiger partial charge in [0.15, 0.2) is 17.4 Å². The molecule has 0 amide bonds. The number of aromatic nitrogens is 2. The fourth-order valence-electron chi connectivity index (χ4n) is 2.24. The van der Waals surface area contributed by atoms with Crippen LogP contribution in [0.4, 0.5) is 20.2 Å². The first-order valence-corrected chi connectivity index (χ1v) is 7.32. The fourth-order valence-corrected chi connectivity index (χ4v) is 2.24. The average Bonchev–Trinajstić information content (AvgIpc) is 3.09. The van der Waals surface area contributed by atoms with Gasteiger partial charge < -0.3 is 14.6 Å². The first kappa shape index (κ1) is 17.3. The molecule has 0 bridgehead atoms. The number of hydrogen-bond acceptors (Lipinski definition) is 7. The van der Waals surface area contributed by atoms with Crippen LogP contribution in [0.25, 0.3) is 11.4 Å². The van der Waals surface area contributed by atoms with Gasteiger partial charge in [-0.05, 0) is 0 Å². The van der Waals surface area contributed by atoms with Crippen LogP contribution in [0.1, 0.15) is 5.89 Å². The number of nitro groups is 1. The summed E-state index contributed by atoms with van der Waals surface area (Å²) < 4.78 is 37.0. The van der Waals surface area contributed by atoms with Crippen LogP contribution < -0.4 is 10.1 Å². The van der Waals surface area contributed by atoms with Crippen LogP contribution in [0, 0.1) is 21.7 Å². The summed E-state index contributed by atoms with van der Waals surface area (Å²) in [6, 6.07) is 7.91. The number of nitrogens with one attached hydrogen (secondary N) is 1. The molecule has 1 heterocycles. The van der Waals surface area contributed by atoms with E-state index in [1.807, 2.05) is 0 Å². The number of rotatable bonds is 6. The summed E-state index contributed by atoms with van der Waals surface area (Å²) in [5, 5.41) is 17.3. The zero-order valence-corrected chi connectivity index (χ0v) is 13.4. The molecule has 134 valence electrons. The lowest BCUT2D eigenvalue weighted by atomic mass is 10.2. The van der Waals surface area contributed by atoms with Gasteiger partial charge in [0.05, 0.1) is 18.6 Å². The molecule has 0 spiro atoms. The quantitative estimate of drug-likeness (QED) is 0.528. The van der Waals surface area contributed by atoms with Gasteiger partial charge in [-0.1, -0.05) is 17.3 Å². The highest BCUT2D eigenvalue weighted by molar-refractivity contribution is 5.58. The SMILES string of the molecule is COc1c(F)cc(NCc2nc(-c3cccc([N+](=O)[O-])c3)no2)cc1F. The molecule has 0 saturated carbocycles. The van der Waals surface area contributed by atoms with E-state index >= 15 is 0 Å². The van der Waals surface area contributed by atoms with Crippen LogP contribution in [-0.4, -0.2) is 22.2 Å². The van der Waals surface area contributed by atoms with Crippen LogP contribution in [0.5, 0.6) is 5.75 Å². The maximum absolute atomic E-state index is 13.7. The molecule has 3 aromatic rings. The minimum Gasteiger partial charge on any atom is -0.491 e. The Bertz CT molecular complexity index is 938. The van der Waals surface area contributed by atoms with Gasteiger partial charge in [0.25, 0.3) is 5.69 Å². The molecular weight excluding hydrogens is 350 g/mol. The Morgan fingerprint density at radius 2 is 2.00 bits per heavy atom. The van der Waals surface area contributed by atoms with Crippen molar-refractivity contribution in [2.75, 3.05) is 12.4 Å². The Kier molecular flexibility index (Phi) is 4.74. The van der Waals surface area contributed by atoms with Gasteiger partial charge >= 0.3 is 0 Å². The summed E-state index contributed by atoms with van der Waals surface area (Å²) in [5.74, 6) is -1.86. The number of ether oxygens (including phenoxy) is 1. The lowest BCUT2D eigenvalue weighted by Crippen LogP contribution is -2.02. The minimum atomic E-state index is -0.849. The van der Waals surface area contributed by atoms with Crippen LogP contribution in [-0.2, 0) is 6.54 Å². The van der Waals surface area contributed by atoms with Gasteiger partial charge in [0.1, 0.15) is 0 Å². The van der Waals surface area contributed by atoms with Gasteiger partial charge in [-0.3, -0.25) is 10.1 Å². The predicted octanol–water partition coefficient (Wildman–Crippen LogP) is 3.54. The van der Waals surface area contributed by atoms with Crippen LogP contribution >= 0.6 is 0 Å². The lowest BCUT2D eigenvalue weighted by molar-refractivity contribution is -0.384. The molecule has 26 heavy (non-hydrogen) atoms. The standard InChI is InChI=1S/C16H12F2N4O4/c1-25-15-12(17)6-10(7-13(15)18)19-8-14-20-16(21-26-14)9-3-2-4-11(5-9)22(23)24/h2-7,19H,8H2,1H3. The highest BCUT2D eigenvalue weighted by atomic mass is 19.1. The Labute approximate surface area is 145 Å². The molecule has 0 radical (unpaired) electrons. The van der Waals surface area contributed by atoms with Crippen molar-refractivity contribution in [3.05, 3.63) is 64.0 Å². The van der Waals surface area contributed by atoms with Crippen molar-refractivity contribution in [1.82, 2.24) is 10.1 Å². The molecule has 0 aliphatic rings. The first-order valence-electron chi connectivity index (χ1n) is 7.32. The predicted molar refractivity (Wildman–Crippen MR) is 86.6 cm³/mol. The number of anilines is 1. The summed E-state index contributed by atoms with van der Waals surface area (Å²) in [6.07, 6.45) is 0. The monoisotopic (exact) mass is 362 g/mol. The van der Waals surface area contributed by atoms with E-state index in [1.165, 1.54) is 25.3 Å². The summed E-state index contributed by atoms with van der Waals surface area (Å²) in [5.41, 5.74) is 0.475. The molecule has 1 N–H and O–H groups in total. The Morgan fingerprint density at radius 1 is 1.27 bits per heavy atom. The number of methoxy groups -OCH3 is 1. The van der Waals surface area contributed by atoms with E-state index < -0.39 is 22.3 Å². The molecule has 0 fully saturated rings. The van der Waals surface area contributed by atoms with Crippen molar-refractivity contribution < 1.29 is 23.0 Å². The molecule has 0 unspecified atom stereocenters. The van der Waals surface area contributed by atoms with E-state index in [0.29, 0.717) is 5.56 Å². The average molecular weight is 362 g/mol. The normalized spacial score (nSPS) is 10.6. The molecule has 0 aliphatic carbocycles. The zero-order chi connectivity index (χ0) is 18.7. The van der Waals surface area contributed by atoms with Gasteiger partial charge in [-0.2, -0.15) is 4.98 Å². The lowest BCUT2D eigenvalue weighted by Gasteiger charge is -2.07. The molecule has 0 atom stereocenters. The van der Waals surface area contributed by atoms with Crippen molar-refractivity contribution in [3.8, 4) is 17.1 Å². The maximum Gasteiger partial charge on any atom is 0.270 e. The van der Waals surface area contributed by atoms with Crippen molar-refractivity contribution >= 4 is 11.4 Å². The van der Waals surface area contributed by atoms with Crippen molar-refractivity contribution in [3.63, 3.8) is 0 Å². The smallest absolute Gasteiger partial charge is 0.270 e. The Morgan fingerprint density at radius 3 is 2.65 bits per heavy atom. The number of halogens is 2. The summed E-state index contributed by atoms with van der Waals surface area (Å²) >= 11 is 0. The van der Waals surface area contributed by atoms with Crippen molar-refractivity contribution in [2.24, 2.45) is 0 Å². The minimum absolute atomic E-state index is 0.00708. The summed E-state index contributed by atoms with van der Waals surface area (Å²) in [6.45, 7) is 0.00708. The van der Waals surface area contributed by atoms with Gasteiger partial charge in [0, 0.05) is 35.5 Å². The number of nitrogens with zero attached hydrogens (tertiary/aromatic N) is 3. The largest absolute Gasteiger partial charge is 0.491 e. The first-order chi connectivity index (χ1) is 12.5. The highest BCUT2D eigenvalue weighted by Crippen LogP contribution is 2.26. The van der Waals surface area contributed by atoms with E-state index in [0.717, 1.165) is 12.1 Å². The Balaban J connectivity index is 1.73. The van der Waals surface area contributed by atoms with Crippen molar-refractivity contribution in [1.29, 1.82) is 0 Å². The van der Waals surface area contributed by atoms with E-state index in [-0.39, 0.29) is 29.6 Å². The summed E-state index contributed by atoms with van der Waals surface area (Å²) in [4.78, 5) is 14.4. The van der Waals surface area contributed by atoms with E-state index in [9.17, 15) is 18.9 Å². The van der Waals surface area contributed by atoms with Crippen LogP contribution in [0.2, 0.25) is 0 Å². The number of benzene rings is 2. The van der Waals surface area contributed by atoms with Crippen molar-refractivity contribution in [2.45, 2.75) is 6.54 Å². The number of non-ortho nitro benzene ring substituents is 1. The molecular formula is C16H12F2N4O4. The highest BCUT2D eigenvalue weighted by Gasteiger charge is 2.14. The third-order valence-electron chi connectivity index (χ3n) is 3.43. The zero-order valence-electron chi connectivity index (χ0n) is 13.4. The molecule has 2 aromatic carbocycles. The molecule has 8 nitrogen and oxygen atoms in total. The fraction of sp³-hybridized carbons (Fsp3) is 0.125. The molecule has 0 aliphatic heterocycles. The van der Waals surface area contributed by atoms with Crippen LogP contribution in [0.15, 0.2) is 40.9 Å². The number of hydrogen-bond donors (Lipinski definition) is 1. The second kappa shape index (κ2) is 7.13. The summed E-state index contributed by atoms with van der Waals surface area (Å²) in [7, 11) is 1.17. The maximum atomic E-state index is 13.7. The molecule has 1 aromatic heterocycles. The second-order valence-corrected chi connectivity index (χ2v) is 5.15.